The highest BCUT2D eigenvalue weighted by Crippen LogP contribution is 2.17. The van der Waals surface area contributed by atoms with Gasteiger partial charge in [-0.3, -0.25) is 0 Å². The van der Waals surface area contributed by atoms with Gasteiger partial charge in [0.15, 0.2) is 0 Å². The van der Waals surface area contributed by atoms with E-state index in [-0.39, 0.29) is 5.54 Å². The standard InChI is InChI=1S/C13H24N4O/c1-13(2,17-8-12(14)16-10-17)9-15-7-11-3-5-18-6-4-11/h8,10-11,15H,3-7,9,14H2,1-2H3. The zero-order valence-corrected chi connectivity index (χ0v) is 11.4. The summed E-state index contributed by atoms with van der Waals surface area (Å²) in [5.74, 6) is 1.33. The molecule has 18 heavy (non-hydrogen) atoms. The summed E-state index contributed by atoms with van der Waals surface area (Å²) in [6.45, 7) is 8.18. The zero-order valence-electron chi connectivity index (χ0n) is 11.4. The summed E-state index contributed by atoms with van der Waals surface area (Å²) in [5, 5.41) is 3.56. The van der Waals surface area contributed by atoms with Gasteiger partial charge in [-0.25, -0.2) is 4.98 Å². The molecule has 1 fully saturated rings. The van der Waals surface area contributed by atoms with Crippen molar-refractivity contribution < 1.29 is 4.74 Å². The predicted octanol–water partition coefficient (Wildman–Crippen LogP) is 1.22. The smallest absolute Gasteiger partial charge is 0.141 e. The first kappa shape index (κ1) is 13.4. The van der Waals surface area contributed by atoms with Gasteiger partial charge >= 0.3 is 0 Å². The summed E-state index contributed by atoms with van der Waals surface area (Å²) in [6.07, 6.45) is 6.03. The largest absolute Gasteiger partial charge is 0.382 e. The first-order valence-electron chi connectivity index (χ1n) is 6.66. The number of rotatable bonds is 5. The molecule has 2 heterocycles. The second-order valence-electron chi connectivity index (χ2n) is 5.70. The fourth-order valence-corrected chi connectivity index (χ4v) is 2.29. The number of hydrogen-bond donors (Lipinski definition) is 2. The molecule has 1 aliphatic heterocycles. The molecule has 3 N–H and O–H groups in total. The lowest BCUT2D eigenvalue weighted by molar-refractivity contribution is 0.0656. The van der Waals surface area contributed by atoms with E-state index in [1.54, 1.807) is 6.33 Å². The maximum Gasteiger partial charge on any atom is 0.141 e. The molecule has 1 saturated heterocycles. The third kappa shape index (κ3) is 3.46. The molecule has 1 aromatic heterocycles. The van der Waals surface area contributed by atoms with Crippen molar-refractivity contribution in [2.24, 2.45) is 5.92 Å². The van der Waals surface area contributed by atoms with E-state index in [1.807, 2.05) is 6.20 Å². The summed E-state index contributed by atoms with van der Waals surface area (Å²) >= 11 is 0. The Hall–Kier alpha value is -1.07. The highest BCUT2D eigenvalue weighted by Gasteiger charge is 2.21. The molecule has 0 bridgehead atoms. The van der Waals surface area contributed by atoms with Gasteiger partial charge in [-0.15, -0.1) is 0 Å². The highest BCUT2D eigenvalue weighted by molar-refractivity contribution is 5.23. The SMILES string of the molecule is CC(C)(CNCC1CCOCC1)n1cnc(N)c1. The average molecular weight is 252 g/mol. The van der Waals surface area contributed by atoms with E-state index in [4.69, 9.17) is 10.5 Å². The maximum absolute atomic E-state index is 5.65. The molecule has 0 radical (unpaired) electrons. The minimum atomic E-state index is -0.00418. The van der Waals surface area contributed by atoms with Crippen LogP contribution in [0.4, 0.5) is 5.82 Å². The fourth-order valence-electron chi connectivity index (χ4n) is 2.29. The summed E-state index contributed by atoms with van der Waals surface area (Å²) in [4.78, 5) is 4.08. The van der Waals surface area contributed by atoms with Gasteiger partial charge in [-0.05, 0) is 39.2 Å². The Morgan fingerprint density at radius 3 is 2.83 bits per heavy atom. The van der Waals surface area contributed by atoms with Crippen LogP contribution in [-0.2, 0) is 10.3 Å². The summed E-state index contributed by atoms with van der Waals surface area (Å²) in [5.41, 5.74) is 5.65. The molecule has 5 nitrogen and oxygen atoms in total. The first-order valence-corrected chi connectivity index (χ1v) is 6.66. The van der Waals surface area contributed by atoms with Crippen molar-refractivity contribution in [3.8, 4) is 0 Å². The zero-order chi connectivity index (χ0) is 13.0. The Morgan fingerprint density at radius 2 is 2.22 bits per heavy atom. The van der Waals surface area contributed by atoms with Gasteiger partial charge in [0.2, 0.25) is 0 Å². The number of aromatic nitrogens is 2. The monoisotopic (exact) mass is 252 g/mol. The summed E-state index contributed by atoms with van der Waals surface area (Å²) in [6, 6.07) is 0. The molecular formula is C13H24N4O. The van der Waals surface area contributed by atoms with E-state index >= 15 is 0 Å². The maximum atomic E-state index is 5.65. The van der Waals surface area contributed by atoms with Crippen LogP contribution in [0.1, 0.15) is 26.7 Å². The molecule has 102 valence electrons. The van der Waals surface area contributed by atoms with Gasteiger partial charge in [0.05, 0.1) is 11.9 Å². The average Bonchev–Trinajstić information content (AvgIpc) is 2.78. The Morgan fingerprint density at radius 1 is 1.50 bits per heavy atom. The van der Waals surface area contributed by atoms with Crippen molar-refractivity contribution >= 4 is 5.82 Å². The molecule has 0 atom stereocenters. The summed E-state index contributed by atoms with van der Waals surface area (Å²) in [7, 11) is 0. The van der Waals surface area contributed by atoms with Crippen LogP contribution in [0.2, 0.25) is 0 Å². The van der Waals surface area contributed by atoms with Crippen LogP contribution in [0.3, 0.4) is 0 Å². The Labute approximate surface area is 109 Å². The number of ether oxygens (including phenoxy) is 1. The van der Waals surface area contributed by atoms with Crippen LogP contribution >= 0.6 is 0 Å². The van der Waals surface area contributed by atoms with Crippen molar-refractivity contribution in [3.05, 3.63) is 12.5 Å². The third-order valence-electron chi connectivity index (χ3n) is 3.63. The molecule has 2 rings (SSSR count). The van der Waals surface area contributed by atoms with E-state index in [0.717, 1.165) is 32.2 Å². The fraction of sp³-hybridized carbons (Fsp3) is 0.769. The molecule has 0 aromatic carbocycles. The first-order chi connectivity index (χ1) is 8.58. The van der Waals surface area contributed by atoms with Crippen LogP contribution in [0.5, 0.6) is 0 Å². The number of nitrogens with two attached hydrogens (primary N) is 1. The highest BCUT2D eigenvalue weighted by atomic mass is 16.5. The van der Waals surface area contributed by atoms with Gasteiger partial charge < -0.3 is 20.4 Å². The lowest BCUT2D eigenvalue weighted by atomic mass is 9.99. The molecule has 0 unspecified atom stereocenters. The quantitative estimate of drug-likeness (QED) is 0.827. The van der Waals surface area contributed by atoms with Crippen LogP contribution in [0, 0.1) is 5.92 Å². The van der Waals surface area contributed by atoms with E-state index in [1.165, 1.54) is 12.8 Å². The van der Waals surface area contributed by atoms with Gasteiger partial charge in [-0.1, -0.05) is 0 Å². The van der Waals surface area contributed by atoms with Gasteiger partial charge in [0.1, 0.15) is 5.82 Å². The van der Waals surface area contributed by atoms with E-state index < -0.39 is 0 Å². The van der Waals surface area contributed by atoms with Crippen molar-refractivity contribution in [2.75, 3.05) is 32.0 Å². The van der Waals surface area contributed by atoms with Crippen LogP contribution in [0.25, 0.3) is 0 Å². The van der Waals surface area contributed by atoms with Crippen LogP contribution in [0.15, 0.2) is 12.5 Å². The van der Waals surface area contributed by atoms with E-state index in [9.17, 15) is 0 Å². The van der Waals surface area contributed by atoms with Crippen LogP contribution in [-0.4, -0.2) is 35.9 Å². The minimum absolute atomic E-state index is 0.00418. The Bertz CT molecular complexity index is 369. The number of imidazole rings is 1. The summed E-state index contributed by atoms with van der Waals surface area (Å²) < 4.78 is 7.43. The second-order valence-corrected chi connectivity index (χ2v) is 5.70. The van der Waals surface area contributed by atoms with Gasteiger partial charge in [0, 0.05) is 26.0 Å². The number of nitrogens with zero attached hydrogens (tertiary/aromatic N) is 2. The number of nitrogens with one attached hydrogen (secondary N) is 1. The van der Waals surface area contributed by atoms with Crippen molar-refractivity contribution in [1.82, 2.24) is 14.9 Å². The van der Waals surface area contributed by atoms with Gasteiger partial charge in [0.25, 0.3) is 0 Å². The van der Waals surface area contributed by atoms with Crippen molar-refractivity contribution in [2.45, 2.75) is 32.2 Å². The number of anilines is 1. The normalized spacial score (nSPS) is 18.1. The molecule has 1 aromatic rings. The molecule has 5 heteroatoms. The topological polar surface area (TPSA) is 65.1 Å². The molecule has 0 amide bonds. The van der Waals surface area contributed by atoms with Crippen molar-refractivity contribution in [3.63, 3.8) is 0 Å². The number of nitrogen functional groups attached to an aromatic ring is 1. The molecule has 0 aliphatic carbocycles. The van der Waals surface area contributed by atoms with E-state index in [2.05, 4.69) is 28.7 Å². The lowest BCUT2D eigenvalue weighted by Gasteiger charge is -2.29. The Balaban J connectivity index is 1.78. The second kappa shape index (κ2) is 5.71. The minimum Gasteiger partial charge on any atom is -0.382 e. The molecule has 0 saturated carbocycles. The molecular weight excluding hydrogens is 228 g/mol. The van der Waals surface area contributed by atoms with Gasteiger partial charge in [-0.2, -0.15) is 0 Å². The predicted molar refractivity (Wildman–Crippen MR) is 72.4 cm³/mol. The van der Waals surface area contributed by atoms with Crippen molar-refractivity contribution in [1.29, 1.82) is 0 Å². The Kier molecular flexibility index (Phi) is 4.24. The number of hydrogen-bond acceptors (Lipinski definition) is 4. The lowest BCUT2D eigenvalue weighted by Crippen LogP contribution is -2.40. The van der Waals surface area contributed by atoms with E-state index in [0.29, 0.717) is 5.82 Å². The molecule has 0 spiro atoms. The third-order valence-corrected chi connectivity index (χ3v) is 3.63. The molecule has 1 aliphatic rings. The van der Waals surface area contributed by atoms with Crippen LogP contribution < -0.4 is 11.1 Å².